The van der Waals surface area contributed by atoms with E-state index in [0.29, 0.717) is 28.9 Å². The third-order valence-electron chi connectivity index (χ3n) is 3.84. The van der Waals surface area contributed by atoms with Gasteiger partial charge in [-0.25, -0.2) is 4.98 Å². The second-order valence-electron chi connectivity index (χ2n) is 5.29. The molecule has 0 saturated heterocycles. The van der Waals surface area contributed by atoms with Crippen LogP contribution in [-0.4, -0.2) is 17.4 Å². The summed E-state index contributed by atoms with van der Waals surface area (Å²) < 4.78 is 0. The van der Waals surface area contributed by atoms with Gasteiger partial charge in [-0.15, -0.1) is 0 Å². The number of carbonyl (C=O) groups excluding carboxylic acids is 1. The van der Waals surface area contributed by atoms with Crippen LogP contribution in [-0.2, 0) is 0 Å². The first-order valence-electron chi connectivity index (χ1n) is 6.14. The average Bonchev–Trinajstić information content (AvgIpc) is 3.10. The molecule has 18 heavy (non-hydrogen) atoms. The summed E-state index contributed by atoms with van der Waals surface area (Å²) in [4.78, 5) is 15.9. The van der Waals surface area contributed by atoms with Crippen molar-refractivity contribution in [2.45, 2.75) is 26.7 Å². The van der Waals surface area contributed by atoms with Crippen molar-refractivity contribution in [1.29, 1.82) is 0 Å². The van der Waals surface area contributed by atoms with Gasteiger partial charge in [-0.3, -0.25) is 4.79 Å². The molecule has 0 aliphatic heterocycles. The molecule has 0 atom stereocenters. The highest BCUT2D eigenvalue weighted by Gasteiger charge is 2.45. The van der Waals surface area contributed by atoms with E-state index in [-0.39, 0.29) is 11.3 Å². The lowest BCUT2D eigenvalue weighted by Gasteiger charge is -2.20. The maximum atomic E-state index is 12.0. The van der Waals surface area contributed by atoms with Gasteiger partial charge in [0.15, 0.2) is 0 Å². The summed E-state index contributed by atoms with van der Waals surface area (Å²) in [6.45, 7) is 5.08. The smallest absolute Gasteiger partial charge is 0.253 e. The van der Waals surface area contributed by atoms with E-state index in [1.165, 1.54) is 25.1 Å². The molecule has 1 aromatic rings. The molecule has 0 unspecified atom stereocenters. The number of aromatic nitrogens is 1. The van der Waals surface area contributed by atoms with Crippen molar-refractivity contribution in [3.05, 3.63) is 22.8 Å². The van der Waals surface area contributed by atoms with Crippen LogP contribution in [0.25, 0.3) is 0 Å². The zero-order valence-corrected chi connectivity index (χ0v) is 11.4. The quantitative estimate of drug-likeness (QED) is 0.881. The lowest BCUT2D eigenvalue weighted by atomic mass is 9.92. The van der Waals surface area contributed by atoms with E-state index in [9.17, 15) is 4.79 Å². The number of amides is 1. The molecule has 0 aromatic carbocycles. The molecule has 5 heteroatoms. The Hall–Kier alpha value is -1.29. The Morgan fingerprint density at radius 1 is 1.61 bits per heavy atom. The number of hydrogen-bond donors (Lipinski definition) is 2. The summed E-state index contributed by atoms with van der Waals surface area (Å²) in [6, 6.07) is 1.51. The zero-order chi connectivity index (χ0) is 13.3. The second-order valence-corrected chi connectivity index (χ2v) is 5.70. The minimum Gasteiger partial charge on any atom is -0.384 e. The topological polar surface area (TPSA) is 68.0 Å². The van der Waals surface area contributed by atoms with Gasteiger partial charge in [0, 0.05) is 12.7 Å². The molecule has 1 aliphatic carbocycles. The molecule has 4 nitrogen and oxygen atoms in total. The van der Waals surface area contributed by atoms with E-state index in [0.717, 1.165) is 0 Å². The Morgan fingerprint density at radius 2 is 2.28 bits per heavy atom. The highest BCUT2D eigenvalue weighted by molar-refractivity contribution is 6.33. The minimum absolute atomic E-state index is 0.180. The zero-order valence-electron chi connectivity index (χ0n) is 10.7. The van der Waals surface area contributed by atoms with Crippen LogP contribution in [0.3, 0.4) is 0 Å². The summed E-state index contributed by atoms with van der Waals surface area (Å²) in [5.41, 5.74) is 6.23. The number of nitrogens with zero attached hydrogens (tertiary/aromatic N) is 1. The van der Waals surface area contributed by atoms with Crippen molar-refractivity contribution in [2.75, 3.05) is 12.3 Å². The third-order valence-corrected chi connectivity index (χ3v) is 4.14. The molecule has 0 spiro atoms. The Bertz CT molecular complexity index is 469. The summed E-state index contributed by atoms with van der Waals surface area (Å²) in [5, 5.41) is 3.27. The molecule has 1 aromatic heterocycles. The van der Waals surface area contributed by atoms with E-state index < -0.39 is 0 Å². The van der Waals surface area contributed by atoms with Crippen LogP contribution in [0.15, 0.2) is 12.3 Å². The van der Waals surface area contributed by atoms with E-state index in [1.807, 2.05) is 0 Å². The Kier molecular flexibility index (Phi) is 3.48. The highest BCUT2D eigenvalue weighted by Crippen LogP contribution is 2.51. The fourth-order valence-electron chi connectivity index (χ4n) is 2.10. The third kappa shape index (κ3) is 2.58. The van der Waals surface area contributed by atoms with Gasteiger partial charge >= 0.3 is 0 Å². The van der Waals surface area contributed by atoms with Gasteiger partial charge in [0.05, 0.1) is 10.6 Å². The molecule has 1 saturated carbocycles. The predicted molar refractivity (Wildman–Crippen MR) is 72.5 cm³/mol. The van der Waals surface area contributed by atoms with Crippen molar-refractivity contribution in [1.82, 2.24) is 10.3 Å². The van der Waals surface area contributed by atoms with Crippen LogP contribution in [0.2, 0.25) is 5.02 Å². The van der Waals surface area contributed by atoms with Gasteiger partial charge in [0.2, 0.25) is 0 Å². The SMILES string of the molecule is CC(C)C1(CNC(=O)c2cc(N)ncc2Cl)CC1. The number of anilines is 1. The van der Waals surface area contributed by atoms with Crippen molar-refractivity contribution in [2.24, 2.45) is 11.3 Å². The van der Waals surface area contributed by atoms with Crippen molar-refractivity contribution < 1.29 is 4.79 Å². The summed E-state index contributed by atoms with van der Waals surface area (Å²) in [7, 11) is 0. The van der Waals surface area contributed by atoms with E-state index in [4.69, 9.17) is 17.3 Å². The summed E-state index contributed by atoms with van der Waals surface area (Å²) >= 11 is 5.94. The second kappa shape index (κ2) is 4.76. The van der Waals surface area contributed by atoms with Crippen LogP contribution < -0.4 is 11.1 Å². The lowest BCUT2D eigenvalue weighted by molar-refractivity contribution is 0.0940. The number of hydrogen-bond acceptors (Lipinski definition) is 3. The highest BCUT2D eigenvalue weighted by atomic mass is 35.5. The number of nitrogens with one attached hydrogen (secondary N) is 1. The van der Waals surface area contributed by atoms with Crippen molar-refractivity contribution in [3.63, 3.8) is 0 Å². The molecule has 1 heterocycles. The Balaban J connectivity index is 2.02. The monoisotopic (exact) mass is 267 g/mol. The molecule has 0 radical (unpaired) electrons. The van der Waals surface area contributed by atoms with E-state index in [2.05, 4.69) is 24.1 Å². The molecule has 2 rings (SSSR count). The summed E-state index contributed by atoms with van der Waals surface area (Å²) in [5.74, 6) is 0.700. The van der Waals surface area contributed by atoms with Crippen molar-refractivity contribution in [3.8, 4) is 0 Å². The fourth-order valence-corrected chi connectivity index (χ4v) is 2.29. The predicted octanol–water partition coefficient (Wildman–Crippen LogP) is 2.48. The van der Waals surface area contributed by atoms with Gasteiger partial charge in [0.25, 0.3) is 5.91 Å². The standard InChI is InChI=1S/C13H18ClN3O/c1-8(2)13(3-4-13)7-17-12(18)9-5-11(15)16-6-10(9)14/h5-6,8H,3-4,7H2,1-2H3,(H2,15,16)(H,17,18). The molecule has 1 aliphatic rings. The van der Waals surface area contributed by atoms with Crippen LogP contribution in [0.4, 0.5) is 5.82 Å². The molecule has 98 valence electrons. The lowest BCUT2D eigenvalue weighted by Crippen LogP contribution is -2.32. The average molecular weight is 268 g/mol. The van der Waals surface area contributed by atoms with E-state index in [1.54, 1.807) is 0 Å². The van der Waals surface area contributed by atoms with Crippen LogP contribution in [0.1, 0.15) is 37.0 Å². The molecule has 0 bridgehead atoms. The van der Waals surface area contributed by atoms with Crippen LogP contribution in [0, 0.1) is 11.3 Å². The number of rotatable bonds is 4. The molecule has 1 amide bonds. The first kappa shape index (κ1) is 13.1. The number of nitrogen functional groups attached to an aromatic ring is 1. The van der Waals surface area contributed by atoms with Crippen LogP contribution in [0.5, 0.6) is 0 Å². The summed E-state index contributed by atoms with van der Waals surface area (Å²) in [6.07, 6.45) is 3.76. The Labute approximate surface area is 112 Å². The van der Waals surface area contributed by atoms with Gasteiger partial charge in [-0.2, -0.15) is 0 Å². The van der Waals surface area contributed by atoms with Crippen LogP contribution >= 0.6 is 11.6 Å². The number of carbonyl (C=O) groups is 1. The maximum absolute atomic E-state index is 12.0. The first-order valence-corrected chi connectivity index (χ1v) is 6.52. The molecule has 3 N–H and O–H groups in total. The number of halogens is 1. The first-order chi connectivity index (χ1) is 8.44. The Morgan fingerprint density at radius 3 is 2.83 bits per heavy atom. The van der Waals surface area contributed by atoms with Gasteiger partial charge < -0.3 is 11.1 Å². The number of pyridine rings is 1. The molecule has 1 fully saturated rings. The molecular weight excluding hydrogens is 250 g/mol. The number of nitrogens with two attached hydrogens (primary N) is 1. The van der Waals surface area contributed by atoms with Gasteiger partial charge in [-0.05, 0) is 30.2 Å². The fraction of sp³-hybridized carbons (Fsp3) is 0.538. The maximum Gasteiger partial charge on any atom is 0.253 e. The van der Waals surface area contributed by atoms with Crippen molar-refractivity contribution >= 4 is 23.3 Å². The minimum atomic E-state index is -0.180. The normalized spacial score (nSPS) is 16.7. The van der Waals surface area contributed by atoms with E-state index >= 15 is 0 Å². The molecular formula is C13H18ClN3O. The largest absolute Gasteiger partial charge is 0.384 e. The van der Waals surface area contributed by atoms with Gasteiger partial charge in [0.1, 0.15) is 5.82 Å². The van der Waals surface area contributed by atoms with Gasteiger partial charge in [-0.1, -0.05) is 25.4 Å².